The summed E-state index contributed by atoms with van der Waals surface area (Å²) in [5.41, 5.74) is 9.83. The lowest BCUT2D eigenvalue weighted by Crippen LogP contribution is -2.39. The van der Waals surface area contributed by atoms with E-state index in [1.165, 1.54) is 7.11 Å². The van der Waals surface area contributed by atoms with Gasteiger partial charge in [-0.15, -0.1) is 0 Å². The fraction of sp³-hybridized carbons (Fsp3) is 0.400. The number of allylic oxidation sites excluding steroid dienone is 2. The minimum Gasteiger partial charge on any atom is -0.468 e. The van der Waals surface area contributed by atoms with Crippen LogP contribution in [0.4, 0.5) is 0 Å². The van der Waals surface area contributed by atoms with E-state index in [4.69, 9.17) is 9.47 Å². The zero-order valence-electron chi connectivity index (χ0n) is 30.1. The minimum atomic E-state index is -1.14. The zero-order valence-corrected chi connectivity index (χ0v) is 30.1. The van der Waals surface area contributed by atoms with Crippen LogP contribution in [0.5, 0.6) is 0 Å². The van der Waals surface area contributed by atoms with Crippen molar-refractivity contribution in [2.45, 2.75) is 80.2 Å². The van der Waals surface area contributed by atoms with Gasteiger partial charge in [-0.1, -0.05) is 19.4 Å². The summed E-state index contributed by atoms with van der Waals surface area (Å²) in [6.07, 6.45) is 10.8. The molecule has 0 spiro atoms. The van der Waals surface area contributed by atoms with Crippen molar-refractivity contribution < 1.29 is 28.7 Å². The average molecular weight is 679 g/mol. The number of aldehydes is 1. The van der Waals surface area contributed by atoms with Crippen LogP contribution in [0.25, 0.3) is 23.8 Å². The van der Waals surface area contributed by atoms with Crippen LogP contribution in [0.1, 0.15) is 102 Å². The average Bonchev–Trinajstić information content (AvgIpc) is 3.83. The Morgan fingerprint density at radius 1 is 0.900 bits per heavy atom. The number of rotatable bonds is 9. The first-order chi connectivity index (χ1) is 23.9. The number of fused-ring (bicyclic) bond motifs is 8. The summed E-state index contributed by atoms with van der Waals surface area (Å²) in [5, 5.41) is 6.80. The van der Waals surface area contributed by atoms with Crippen LogP contribution < -0.4 is 26.7 Å². The summed E-state index contributed by atoms with van der Waals surface area (Å²) in [6.45, 7) is 14.2. The molecule has 0 saturated carbocycles. The van der Waals surface area contributed by atoms with Gasteiger partial charge in [-0.3, -0.25) is 19.2 Å². The Balaban J connectivity index is 1.64. The van der Waals surface area contributed by atoms with Gasteiger partial charge in [-0.2, -0.15) is 0 Å². The normalized spacial score (nSPS) is 21.0. The lowest BCUT2D eigenvalue weighted by molar-refractivity contribution is -0.143. The summed E-state index contributed by atoms with van der Waals surface area (Å²) in [5.74, 6) is -2.64. The lowest BCUT2D eigenvalue weighted by atomic mass is 9.82. The van der Waals surface area contributed by atoms with Crippen molar-refractivity contribution >= 4 is 47.8 Å². The molecule has 3 atom stereocenters. The Morgan fingerprint density at radius 2 is 1.60 bits per heavy atom. The molecule has 50 heavy (non-hydrogen) atoms. The van der Waals surface area contributed by atoms with E-state index < -0.39 is 17.9 Å². The Hall–Kier alpha value is -5.12. The quantitative estimate of drug-likeness (QED) is 0.118. The first-order valence-corrected chi connectivity index (χ1v) is 17.4. The van der Waals surface area contributed by atoms with Gasteiger partial charge < -0.3 is 29.7 Å². The third-order valence-electron chi connectivity index (χ3n) is 10.6. The van der Waals surface area contributed by atoms with Gasteiger partial charge in [0.05, 0.1) is 24.2 Å². The van der Waals surface area contributed by atoms with Gasteiger partial charge in [0.15, 0.2) is 12.1 Å². The number of carbonyl (C=O) groups is 4. The topological polar surface area (TPSA) is 146 Å². The van der Waals surface area contributed by atoms with Crippen molar-refractivity contribution in [1.82, 2.24) is 20.3 Å². The van der Waals surface area contributed by atoms with Gasteiger partial charge in [-0.25, -0.2) is 0 Å². The molecule has 1 unspecified atom stereocenters. The highest BCUT2D eigenvalue weighted by molar-refractivity contribution is 6.19. The van der Waals surface area contributed by atoms with Crippen molar-refractivity contribution in [3.05, 3.63) is 89.1 Å². The second-order valence-corrected chi connectivity index (χ2v) is 13.7. The molecule has 0 fully saturated rings. The van der Waals surface area contributed by atoms with E-state index in [-0.39, 0.29) is 30.7 Å². The number of ether oxygens (including phenoxy) is 2. The Morgan fingerprint density at radius 3 is 2.26 bits per heavy atom. The maximum atomic E-state index is 14.2. The highest BCUT2D eigenvalue weighted by Gasteiger charge is 2.47. The molecule has 3 aromatic rings. The van der Waals surface area contributed by atoms with E-state index in [0.717, 1.165) is 62.6 Å². The highest BCUT2D eigenvalue weighted by atomic mass is 16.5. The summed E-state index contributed by atoms with van der Waals surface area (Å²) in [6, 6.07) is -0.489. The number of esters is 2. The van der Waals surface area contributed by atoms with E-state index >= 15 is 0 Å². The molecule has 0 amide bonds. The van der Waals surface area contributed by atoms with E-state index in [1.54, 1.807) is 0 Å². The number of aromatic nitrogens is 3. The lowest BCUT2D eigenvalue weighted by Gasteiger charge is -2.26. The van der Waals surface area contributed by atoms with Crippen LogP contribution in [-0.2, 0) is 31.9 Å². The molecule has 262 valence electrons. The van der Waals surface area contributed by atoms with Crippen LogP contribution in [0.15, 0.2) is 22.9 Å². The number of nitrogens with one attached hydrogen (secondary N) is 4. The number of aromatic amines is 3. The van der Waals surface area contributed by atoms with Gasteiger partial charge >= 0.3 is 11.9 Å². The number of hydrogen-bond acceptors (Lipinski definition) is 7. The first kappa shape index (κ1) is 34.7. The minimum absolute atomic E-state index is 0.165. The molecule has 3 aromatic heterocycles. The van der Waals surface area contributed by atoms with Crippen LogP contribution >= 0.6 is 0 Å². The predicted molar refractivity (Wildman–Crippen MR) is 192 cm³/mol. The second-order valence-electron chi connectivity index (χ2n) is 13.7. The van der Waals surface area contributed by atoms with Crippen LogP contribution in [-0.4, -0.2) is 58.7 Å². The maximum Gasteiger partial charge on any atom is 0.320 e. The number of methoxy groups -OCH3 is 1. The van der Waals surface area contributed by atoms with E-state index in [2.05, 4.69) is 40.2 Å². The summed E-state index contributed by atoms with van der Waals surface area (Å²) >= 11 is 0. The molecule has 1 aliphatic carbocycles. The Kier molecular flexibility index (Phi) is 9.48. The fourth-order valence-corrected chi connectivity index (χ4v) is 7.89. The van der Waals surface area contributed by atoms with E-state index in [0.29, 0.717) is 51.5 Å². The van der Waals surface area contributed by atoms with Crippen LogP contribution in [0.2, 0.25) is 0 Å². The molecule has 5 heterocycles. The monoisotopic (exact) mass is 678 g/mol. The molecule has 10 nitrogen and oxygen atoms in total. The maximum absolute atomic E-state index is 14.2. The third kappa shape index (κ3) is 5.80. The van der Waals surface area contributed by atoms with Crippen molar-refractivity contribution in [2.75, 3.05) is 13.7 Å². The third-order valence-corrected chi connectivity index (χ3v) is 10.6. The molecule has 0 radical (unpaired) electrons. The summed E-state index contributed by atoms with van der Waals surface area (Å²) in [4.78, 5) is 63.7. The highest BCUT2D eigenvalue weighted by Crippen LogP contribution is 2.39. The molecule has 0 saturated heterocycles. The molecule has 6 rings (SSSR count). The standard InChI is InChI=1S/C40H46N4O6/c1-9-23-20(5)27-15-28-21(6)25(11-12-33(46)50-14-13-19(3)4)37(43-28)35-36(40(48)49-8)39(47)34-22(7)29(44-38(34)35)16-31-24(10-2)26(18-45)32(42-31)17-30(23)41-27/h13,15-18,25,36-37,41-44H,9-12,14H2,1-8H3/b27-15-,29-16-,30-17-/t25-,36+,37?/m0/s1. The molecular weight excluding hydrogens is 632 g/mol. The molecule has 4 N–H and O–H groups in total. The van der Waals surface area contributed by atoms with Gasteiger partial charge in [0.25, 0.3) is 0 Å². The first-order valence-electron chi connectivity index (χ1n) is 17.4. The second kappa shape index (κ2) is 13.7. The van der Waals surface area contributed by atoms with Crippen molar-refractivity contribution in [1.29, 1.82) is 0 Å². The molecule has 3 aliphatic rings. The molecular formula is C40H46N4O6. The predicted octanol–water partition coefficient (Wildman–Crippen LogP) is 2.96. The number of H-pyrrole nitrogens is 3. The SMILES string of the molecule is CCc1c2[nH]c(c1C=O)/C=c1\[nH]/c(c(C)c1CC)=C\C1=C(C)[C@H](CCC(=O)OCC=C(C)C)C(N1)C1=c3[nH]/c(c(C)c3C(=O)[C@@H]1C(=O)OC)=C\2. The van der Waals surface area contributed by atoms with Gasteiger partial charge in [-0.05, 0) is 112 Å². The summed E-state index contributed by atoms with van der Waals surface area (Å²) < 4.78 is 10.7. The molecule has 0 aromatic carbocycles. The van der Waals surface area contributed by atoms with Crippen molar-refractivity contribution in [3.63, 3.8) is 0 Å². The zero-order chi connectivity index (χ0) is 36.0. The number of hydrogen-bond donors (Lipinski definition) is 4. The van der Waals surface area contributed by atoms with Crippen molar-refractivity contribution in [3.8, 4) is 0 Å². The largest absolute Gasteiger partial charge is 0.468 e. The van der Waals surface area contributed by atoms with E-state index in [9.17, 15) is 19.2 Å². The van der Waals surface area contributed by atoms with Crippen LogP contribution in [0.3, 0.4) is 0 Å². The Bertz CT molecular complexity index is 2250. The van der Waals surface area contributed by atoms with Gasteiger partial charge in [0.1, 0.15) is 12.5 Å². The Labute approximate surface area is 291 Å². The van der Waals surface area contributed by atoms with Crippen molar-refractivity contribution in [2.24, 2.45) is 11.8 Å². The number of carbonyl (C=O) groups excluding carboxylic acids is 4. The van der Waals surface area contributed by atoms with Gasteiger partial charge in [0.2, 0.25) is 0 Å². The van der Waals surface area contributed by atoms with E-state index in [1.807, 2.05) is 52.8 Å². The number of ketones is 1. The fourth-order valence-electron chi connectivity index (χ4n) is 7.89. The van der Waals surface area contributed by atoms with Crippen LogP contribution in [0, 0.1) is 25.7 Å². The smallest absolute Gasteiger partial charge is 0.320 e. The van der Waals surface area contributed by atoms with Gasteiger partial charge in [0, 0.05) is 50.9 Å². The molecule has 10 heteroatoms. The molecule has 2 aliphatic heterocycles. The molecule has 8 bridgehead atoms. The summed E-state index contributed by atoms with van der Waals surface area (Å²) in [7, 11) is 1.29. The number of Topliss-reactive ketones (excluding diaryl/α,β-unsaturated/α-hetero) is 1.